The summed E-state index contributed by atoms with van der Waals surface area (Å²) in [5.41, 5.74) is 0. The van der Waals surface area contributed by atoms with Crippen LogP contribution in [0.4, 0.5) is 0 Å². The van der Waals surface area contributed by atoms with E-state index < -0.39 is 0 Å². The number of hydrogen-bond acceptors (Lipinski definition) is 2. The Balaban J connectivity index is 2.00. The largest absolute Gasteiger partial charge is 0.317 e. The molecule has 1 nitrogen and oxygen atoms in total. The Morgan fingerprint density at radius 1 is 1.19 bits per heavy atom. The molecule has 1 aliphatic heterocycles. The van der Waals surface area contributed by atoms with Crippen molar-refractivity contribution >= 4 is 11.8 Å². The molecule has 2 atom stereocenters. The highest BCUT2D eigenvalue weighted by molar-refractivity contribution is 7.99. The van der Waals surface area contributed by atoms with Crippen LogP contribution in [0.2, 0.25) is 0 Å². The van der Waals surface area contributed by atoms with Gasteiger partial charge in [-0.1, -0.05) is 45.4 Å². The highest BCUT2D eigenvalue weighted by Gasteiger charge is 2.23. The van der Waals surface area contributed by atoms with Crippen molar-refractivity contribution < 1.29 is 0 Å². The van der Waals surface area contributed by atoms with E-state index in [1.165, 1.54) is 62.9 Å². The molecule has 0 aromatic rings. The molecule has 1 aliphatic rings. The van der Waals surface area contributed by atoms with Gasteiger partial charge in [-0.3, -0.25) is 0 Å². The van der Waals surface area contributed by atoms with E-state index in [-0.39, 0.29) is 0 Å². The Kier molecular flexibility index (Phi) is 8.40. The third-order valence-electron chi connectivity index (χ3n) is 3.77. The Morgan fingerprint density at radius 3 is 2.56 bits per heavy atom. The van der Waals surface area contributed by atoms with Gasteiger partial charge in [0.2, 0.25) is 0 Å². The van der Waals surface area contributed by atoms with Gasteiger partial charge < -0.3 is 5.32 Å². The molecule has 1 rings (SSSR count). The molecule has 2 unspecified atom stereocenters. The second-order valence-electron chi connectivity index (χ2n) is 5.08. The minimum atomic E-state index is 0.793. The van der Waals surface area contributed by atoms with Crippen LogP contribution in [0.25, 0.3) is 0 Å². The van der Waals surface area contributed by atoms with Gasteiger partial charge in [0, 0.05) is 6.04 Å². The first-order valence-electron chi connectivity index (χ1n) is 7.13. The average Bonchev–Trinajstić information content (AvgIpc) is 2.82. The molecule has 1 saturated heterocycles. The average molecular weight is 243 g/mol. The lowest BCUT2D eigenvalue weighted by atomic mass is 9.94. The number of rotatable bonds is 9. The van der Waals surface area contributed by atoms with Crippen molar-refractivity contribution in [2.24, 2.45) is 5.92 Å². The summed E-state index contributed by atoms with van der Waals surface area (Å²) in [6, 6.07) is 0.793. The van der Waals surface area contributed by atoms with E-state index in [0.29, 0.717) is 0 Å². The van der Waals surface area contributed by atoms with Crippen LogP contribution in [-0.4, -0.2) is 24.6 Å². The minimum absolute atomic E-state index is 0.793. The van der Waals surface area contributed by atoms with E-state index in [2.05, 4.69) is 31.1 Å². The van der Waals surface area contributed by atoms with Crippen LogP contribution < -0.4 is 5.32 Å². The third-order valence-corrected chi connectivity index (χ3v) is 4.96. The lowest BCUT2D eigenvalue weighted by Crippen LogP contribution is -2.33. The van der Waals surface area contributed by atoms with E-state index in [1.807, 2.05) is 0 Å². The maximum absolute atomic E-state index is 3.53. The summed E-state index contributed by atoms with van der Waals surface area (Å²) >= 11 is 2.14. The fourth-order valence-electron chi connectivity index (χ4n) is 2.63. The fourth-order valence-corrected chi connectivity index (χ4v) is 3.97. The predicted molar refractivity (Wildman–Crippen MR) is 76.3 cm³/mol. The van der Waals surface area contributed by atoms with Gasteiger partial charge in [-0.05, 0) is 37.3 Å². The molecule has 0 spiro atoms. The highest BCUT2D eigenvalue weighted by atomic mass is 32.2. The SMILES string of the molecule is CCCCCCCCC(NC)C1CCSC1. The zero-order valence-corrected chi connectivity index (χ0v) is 12.0. The summed E-state index contributed by atoms with van der Waals surface area (Å²) in [7, 11) is 2.14. The molecule has 1 fully saturated rings. The quantitative estimate of drug-likeness (QED) is 0.612. The lowest BCUT2D eigenvalue weighted by molar-refractivity contribution is 0.370. The van der Waals surface area contributed by atoms with E-state index in [9.17, 15) is 0 Å². The molecule has 1 N–H and O–H groups in total. The second kappa shape index (κ2) is 9.35. The minimum Gasteiger partial charge on any atom is -0.317 e. The van der Waals surface area contributed by atoms with Gasteiger partial charge in [-0.25, -0.2) is 0 Å². The van der Waals surface area contributed by atoms with E-state index in [1.54, 1.807) is 0 Å². The van der Waals surface area contributed by atoms with Crippen molar-refractivity contribution in [3.05, 3.63) is 0 Å². The first-order valence-corrected chi connectivity index (χ1v) is 8.29. The Bertz CT molecular complexity index is 155. The zero-order chi connectivity index (χ0) is 11.6. The standard InChI is InChI=1S/C14H29NS/c1-3-4-5-6-7-8-9-14(15-2)13-10-11-16-12-13/h13-15H,3-12H2,1-2H3. The smallest absolute Gasteiger partial charge is 0.0100 e. The van der Waals surface area contributed by atoms with Gasteiger partial charge in [-0.15, -0.1) is 0 Å². The van der Waals surface area contributed by atoms with Crippen LogP contribution in [0.15, 0.2) is 0 Å². The normalized spacial score (nSPS) is 22.5. The number of unbranched alkanes of at least 4 members (excludes halogenated alkanes) is 5. The molecule has 0 saturated carbocycles. The van der Waals surface area contributed by atoms with E-state index >= 15 is 0 Å². The molecule has 0 aromatic heterocycles. The highest BCUT2D eigenvalue weighted by Crippen LogP contribution is 2.28. The summed E-state index contributed by atoms with van der Waals surface area (Å²) in [4.78, 5) is 0. The third kappa shape index (κ3) is 5.58. The molecular weight excluding hydrogens is 214 g/mol. The second-order valence-corrected chi connectivity index (χ2v) is 6.23. The summed E-state index contributed by atoms with van der Waals surface area (Å²) in [5, 5.41) is 3.53. The first-order chi connectivity index (χ1) is 7.88. The molecule has 2 heteroatoms. The van der Waals surface area contributed by atoms with Crippen LogP contribution in [0, 0.1) is 5.92 Å². The van der Waals surface area contributed by atoms with E-state index in [4.69, 9.17) is 0 Å². The van der Waals surface area contributed by atoms with Crippen LogP contribution in [-0.2, 0) is 0 Å². The predicted octanol–water partition coefficient (Wildman–Crippen LogP) is 4.08. The van der Waals surface area contributed by atoms with Gasteiger partial charge in [0.15, 0.2) is 0 Å². The molecule has 0 aromatic carbocycles. The Morgan fingerprint density at radius 2 is 1.94 bits per heavy atom. The van der Waals surface area contributed by atoms with Crippen LogP contribution >= 0.6 is 11.8 Å². The molecule has 0 radical (unpaired) electrons. The maximum Gasteiger partial charge on any atom is 0.0100 e. The summed E-state index contributed by atoms with van der Waals surface area (Å²) < 4.78 is 0. The lowest BCUT2D eigenvalue weighted by Gasteiger charge is -2.22. The molecule has 0 amide bonds. The molecule has 0 bridgehead atoms. The van der Waals surface area contributed by atoms with Crippen molar-refractivity contribution in [2.45, 2.75) is 64.3 Å². The van der Waals surface area contributed by atoms with Gasteiger partial charge in [0.05, 0.1) is 0 Å². The summed E-state index contributed by atoms with van der Waals surface area (Å²) in [6.07, 6.45) is 11.4. The van der Waals surface area contributed by atoms with Crippen molar-refractivity contribution in [3.8, 4) is 0 Å². The van der Waals surface area contributed by atoms with Gasteiger partial charge in [0.25, 0.3) is 0 Å². The van der Waals surface area contributed by atoms with Crippen LogP contribution in [0.1, 0.15) is 58.3 Å². The Hall–Kier alpha value is 0.310. The molecular formula is C14H29NS. The van der Waals surface area contributed by atoms with Crippen LogP contribution in [0.5, 0.6) is 0 Å². The first kappa shape index (κ1) is 14.4. The van der Waals surface area contributed by atoms with Crippen molar-refractivity contribution in [1.29, 1.82) is 0 Å². The molecule has 0 aliphatic carbocycles. The summed E-state index contributed by atoms with van der Waals surface area (Å²) in [5.74, 6) is 3.73. The molecule has 16 heavy (non-hydrogen) atoms. The molecule has 96 valence electrons. The number of thioether (sulfide) groups is 1. The van der Waals surface area contributed by atoms with Gasteiger partial charge >= 0.3 is 0 Å². The topological polar surface area (TPSA) is 12.0 Å². The van der Waals surface area contributed by atoms with Crippen molar-refractivity contribution in [1.82, 2.24) is 5.32 Å². The van der Waals surface area contributed by atoms with Crippen LogP contribution in [0.3, 0.4) is 0 Å². The zero-order valence-electron chi connectivity index (χ0n) is 11.1. The summed E-state index contributed by atoms with van der Waals surface area (Å²) in [6.45, 7) is 2.29. The number of nitrogens with one attached hydrogen (secondary N) is 1. The van der Waals surface area contributed by atoms with E-state index in [0.717, 1.165) is 12.0 Å². The Labute approximate surface area is 106 Å². The van der Waals surface area contributed by atoms with Crippen molar-refractivity contribution in [2.75, 3.05) is 18.6 Å². The van der Waals surface area contributed by atoms with Gasteiger partial charge in [-0.2, -0.15) is 11.8 Å². The fraction of sp³-hybridized carbons (Fsp3) is 1.00. The monoisotopic (exact) mass is 243 g/mol. The maximum atomic E-state index is 3.53. The van der Waals surface area contributed by atoms with Gasteiger partial charge in [0.1, 0.15) is 0 Å². The molecule has 1 heterocycles. The van der Waals surface area contributed by atoms with Crippen molar-refractivity contribution in [3.63, 3.8) is 0 Å². The number of hydrogen-bond donors (Lipinski definition) is 1.